The van der Waals surface area contributed by atoms with Gasteiger partial charge in [0.25, 0.3) is 0 Å². The topological polar surface area (TPSA) is 28.9 Å². The van der Waals surface area contributed by atoms with Gasteiger partial charge < -0.3 is 9.40 Å². The fourth-order valence-electron chi connectivity index (χ4n) is 3.24. The van der Waals surface area contributed by atoms with Crippen LogP contribution in [0.15, 0.2) is 88.4 Å². The highest BCUT2D eigenvalue weighted by molar-refractivity contribution is 7.11. The Labute approximate surface area is 223 Å². The van der Waals surface area contributed by atoms with Crippen LogP contribution in [0.2, 0.25) is 0 Å². The normalized spacial score (nSPS) is 11.3. The summed E-state index contributed by atoms with van der Waals surface area (Å²) in [7, 11) is 0. The summed E-state index contributed by atoms with van der Waals surface area (Å²) in [6, 6.07) is 20.8. The molecule has 1 aliphatic rings. The van der Waals surface area contributed by atoms with Crippen molar-refractivity contribution in [3.8, 4) is 0 Å². The van der Waals surface area contributed by atoms with Crippen LogP contribution >= 0.6 is 11.3 Å². The first-order chi connectivity index (χ1) is 16.9. The molecule has 0 aliphatic heterocycles. The maximum Gasteiger partial charge on any atom is 0.101 e. The van der Waals surface area contributed by atoms with Crippen LogP contribution < -0.4 is 0 Å². The molecule has 36 heavy (non-hydrogen) atoms. The lowest BCUT2D eigenvalue weighted by molar-refractivity contribution is 0.504. The van der Waals surface area contributed by atoms with Crippen LogP contribution in [0.3, 0.4) is 0 Å². The van der Waals surface area contributed by atoms with Gasteiger partial charge in [0.15, 0.2) is 0 Å². The number of benzene rings is 1. The zero-order valence-corrected chi connectivity index (χ0v) is 24.8. The van der Waals surface area contributed by atoms with Gasteiger partial charge in [0, 0.05) is 21.1 Å². The van der Waals surface area contributed by atoms with E-state index in [1.807, 2.05) is 51.2 Å². The fourth-order valence-corrected chi connectivity index (χ4v) is 4.02. The van der Waals surface area contributed by atoms with E-state index in [2.05, 4.69) is 107 Å². The molecule has 194 valence electrons. The molecule has 0 radical (unpaired) electrons. The van der Waals surface area contributed by atoms with Crippen LogP contribution in [0.1, 0.15) is 64.1 Å². The Balaban J connectivity index is 0.000000225. The summed E-state index contributed by atoms with van der Waals surface area (Å²) in [5, 5.41) is 0. The largest absolute Gasteiger partial charge is 0.467 e. The molecular formula is C33H45NOS. The fraction of sp³-hybridized carbons (Fsp3) is 0.333. The van der Waals surface area contributed by atoms with Crippen LogP contribution in [0, 0.1) is 55.4 Å². The number of allylic oxidation sites excluding steroid dienone is 4. The number of hydrogen-bond donors (Lipinski definition) is 1. The van der Waals surface area contributed by atoms with Gasteiger partial charge in [-0.25, -0.2) is 0 Å². The van der Waals surface area contributed by atoms with E-state index in [1.54, 1.807) is 0 Å². The second-order valence-electron chi connectivity index (χ2n) is 9.50. The Morgan fingerprint density at radius 2 is 0.917 bits per heavy atom. The predicted octanol–water partition coefficient (Wildman–Crippen LogP) is 10.5. The van der Waals surface area contributed by atoms with E-state index < -0.39 is 0 Å². The maximum atomic E-state index is 5.08. The van der Waals surface area contributed by atoms with E-state index in [-0.39, 0.29) is 0 Å². The van der Waals surface area contributed by atoms with Gasteiger partial charge in [0.2, 0.25) is 0 Å². The Morgan fingerprint density at radius 3 is 1.08 bits per heavy atom. The van der Waals surface area contributed by atoms with Crippen LogP contribution in [-0.2, 0) is 0 Å². The molecule has 0 saturated heterocycles. The zero-order chi connectivity index (χ0) is 27.1. The molecule has 0 saturated carbocycles. The summed E-state index contributed by atoms with van der Waals surface area (Å²) in [4.78, 5) is 5.94. The van der Waals surface area contributed by atoms with E-state index in [4.69, 9.17) is 4.42 Å². The smallest absolute Gasteiger partial charge is 0.101 e. The minimum atomic E-state index is 0.984. The van der Waals surface area contributed by atoms with E-state index in [1.165, 1.54) is 49.8 Å². The Kier molecular flexibility index (Phi) is 14.3. The number of nitrogens with one attached hydrogen (secondary N) is 1. The first kappa shape index (κ1) is 31.0. The number of aromatic amines is 1. The van der Waals surface area contributed by atoms with E-state index in [9.17, 15) is 0 Å². The molecule has 3 heteroatoms. The van der Waals surface area contributed by atoms with Gasteiger partial charge in [-0.15, -0.1) is 11.3 Å². The van der Waals surface area contributed by atoms with Gasteiger partial charge in [-0.1, -0.05) is 58.7 Å². The molecule has 0 bridgehead atoms. The molecule has 1 N–H and O–H groups in total. The van der Waals surface area contributed by atoms with Gasteiger partial charge in [0.1, 0.15) is 11.5 Å². The van der Waals surface area contributed by atoms with Crippen molar-refractivity contribution in [2.45, 2.75) is 75.7 Å². The highest BCUT2D eigenvalue weighted by atomic mass is 32.1. The number of furan rings is 1. The number of aromatic nitrogens is 1. The van der Waals surface area contributed by atoms with Crippen molar-refractivity contribution in [1.29, 1.82) is 0 Å². The van der Waals surface area contributed by atoms with Crippen molar-refractivity contribution in [3.05, 3.63) is 128 Å². The highest BCUT2D eigenvalue weighted by Crippen LogP contribution is 2.16. The molecule has 1 aliphatic carbocycles. The van der Waals surface area contributed by atoms with Gasteiger partial charge in [-0.2, -0.15) is 0 Å². The SMILES string of the molecule is CC1=CC=C(C)C1.Cc1ccc(C)[nH]1.Cc1ccc(C)cc1.Cc1ccc(C)o1.Cc1ccc(C)s1. The lowest BCUT2D eigenvalue weighted by atomic mass is 10.2. The number of H-pyrrole nitrogens is 1. The van der Waals surface area contributed by atoms with Crippen LogP contribution in [0.25, 0.3) is 0 Å². The van der Waals surface area contributed by atoms with Crippen molar-refractivity contribution >= 4 is 11.3 Å². The average molecular weight is 504 g/mol. The molecule has 5 rings (SSSR count). The van der Waals surface area contributed by atoms with Crippen molar-refractivity contribution in [3.63, 3.8) is 0 Å². The Morgan fingerprint density at radius 1 is 0.528 bits per heavy atom. The predicted molar refractivity (Wildman–Crippen MR) is 160 cm³/mol. The molecule has 0 atom stereocenters. The molecule has 2 nitrogen and oxygen atoms in total. The van der Waals surface area contributed by atoms with Crippen molar-refractivity contribution in [2.75, 3.05) is 0 Å². The van der Waals surface area contributed by atoms with Crippen LogP contribution in [0.5, 0.6) is 0 Å². The number of aryl methyl sites for hydroxylation is 8. The third-order valence-corrected chi connectivity index (χ3v) is 6.07. The zero-order valence-electron chi connectivity index (χ0n) is 24.0. The van der Waals surface area contributed by atoms with Gasteiger partial charge in [0.05, 0.1) is 0 Å². The third-order valence-electron chi connectivity index (χ3n) is 5.16. The van der Waals surface area contributed by atoms with Gasteiger partial charge in [-0.3, -0.25) is 0 Å². The minimum absolute atomic E-state index is 0.984. The molecule has 0 fully saturated rings. The molecule has 1 aromatic carbocycles. The summed E-state index contributed by atoms with van der Waals surface area (Å²) in [5.41, 5.74) is 8.09. The summed E-state index contributed by atoms with van der Waals surface area (Å²) in [6.07, 6.45) is 5.55. The maximum absolute atomic E-state index is 5.08. The standard InChI is InChI=1S/C8H10.C7H10.C6H9N.C6H8O.C6H8S/c1-7-3-5-8(2)6-4-7;1-6-3-4-7(2)5-6;3*1-5-3-4-6(2)7-5/h3-6H,1-2H3;3-4H,5H2,1-2H3;3-4,7H,1-2H3;2*3-4H,1-2H3. The molecule has 0 spiro atoms. The monoisotopic (exact) mass is 503 g/mol. The van der Waals surface area contributed by atoms with Crippen LogP contribution in [-0.4, -0.2) is 4.98 Å². The summed E-state index contributed by atoms with van der Waals surface area (Å²) >= 11 is 1.84. The van der Waals surface area contributed by atoms with Crippen molar-refractivity contribution < 1.29 is 4.42 Å². The molecule has 4 aromatic rings. The van der Waals surface area contributed by atoms with Gasteiger partial charge in [-0.05, 0) is 112 Å². The highest BCUT2D eigenvalue weighted by Gasteiger charge is 1.95. The molecule has 3 aromatic heterocycles. The van der Waals surface area contributed by atoms with E-state index in [0.29, 0.717) is 0 Å². The summed E-state index contributed by atoms with van der Waals surface area (Å²) in [5.74, 6) is 1.97. The third kappa shape index (κ3) is 15.1. The summed E-state index contributed by atoms with van der Waals surface area (Å²) < 4.78 is 5.08. The lowest BCUT2D eigenvalue weighted by Crippen LogP contribution is -1.70. The Hall–Kier alpha value is -3.04. The van der Waals surface area contributed by atoms with E-state index in [0.717, 1.165) is 11.5 Å². The number of hydrogen-bond acceptors (Lipinski definition) is 2. The molecule has 0 unspecified atom stereocenters. The molecule has 0 amide bonds. The lowest BCUT2D eigenvalue weighted by Gasteiger charge is -1.90. The molecule has 3 heterocycles. The molecular weight excluding hydrogens is 458 g/mol. The Bertz CT molecular complexity index is 1020. The van der Waals surface area contributed by atoms with Crippen molar-refractivity contribution in [1.82, 2.24) is 4.98 Å². The van der Waals surface area contributed by atoms with E-state index >= 15 is 0 Å². The average Bonchev–Trinajstić information content (AvgIpc) is 3.58. The summed E-state index contributed by atoms with van der Waals surface area (Å²) in [6.45, 7) is 20.7. The second-order valence-corrected chi connectivity index (χ2v) is 11.0. The number of rotatable bonds is 0. The van der Waals surface area contributed by atoms with Gasteiger partial charge >= 0.3 is 0 Å². The van der Waals surface area contributed by atoms with Crippen LogP contribution in [0.4, 0.5) is 0 Å². The van der Waals surface area contributed by atoms with Crippen molar-refractivity contribution in [2.24, 2.45) is 0 Å². The number of thiophene rings is 1. The first-order valence-corrected chi connectivity index (χ1v) is 13.3. The first-order valence-electron chi connectivity index (χ1n) is 12.5. The minimum Gasteiger partial charge on any atom is -0.467 e. The second kappa shape index (κ2) is 16.6. The quantitative estimate of drug-likeness (QED) is 0.254.